The van der Waals surface area contributed by atoms with Gasteiger partial charge in [-0.2, -0.15) is 5.10 Å². The van der Waals surface area contributed by atoms with Crippen LogP contribution in [-0.4, -0.2) is 40.3 Å². The molecule has 6 heteroatoms. The lowest BCUT2D eigenvalue weighted by molar-refractivity contribution is 0.193. The van der Waals surface area contributed by atoms with Crippen LogP contribution in [0.3, 0.4) is 0 Å². The van der Waals surface area contributed by atoms with Crippen molar-refractivity contribution in [1.82, 2.24) is 15.1 Å². The maximum absolute atomic E-state index is 11.1. The molecule has 6 nitrogen and oxygen atoms in total. The Hall–Kier alpha value is -2.24. The highest BCUT2D eigenvalue weighted by molar-refractivity contribution is 5.81. The van der Waals surface area contributed by atoms with Gasteiger partial charge in [-0.3, -0.25) is 5.10 Å². The first-order valence-corrected chi connectivity index (χ1v) is 6.46. The number of hydrogen-bond donors (Lipinski definition) is 3. The van der Waals surface area contributed by atoms with Crippen molar-refractivity contribution in [2.45, 2.75) is 18.9 Å². The molecule has 1 aromatic carbocycles. The van der Waals surface area contributed by atoms with Gasteiger partial charge in [0.2, 0.25) is 0 Å². The molecule has 2 aromatic rings. The van der Waals surface area contributed by atoms with Crippen LogP contribution in [-0.2, 0) is 0 Å². The Morgan fingerprint density at radius 3 is 2.95 bits per heavy atom. The van der Waals surface area contributed by atoms with Gasteiger partial charge in [-0.05, 0) is 31.0 Å². The third-order valence-corrected chi connectivity index (χ3v) is 3.62. The van der Waals surface area contributed by atoms with Gasteiger partial charge in [-0.25, -0.2) is 4.79 Å². The van der Waals surface area contributed by atoms with Gasteiger partial charge in [-0.15, -0.1) is 0 Å². The molecule has 0 aliphatic carbocycles. The predicted molar refractivity (Wildman–Crippen MR) is 73.9 cm³/mol. The quantitative estimate of drug-likeness (QED) is 0.764. The fourth-order valence-electron chi connectivity index (χ4n) is 2.51. The first kappa shape index (κ1) is 11.8. The van der Waals surface area contributed by atoms with Crippen molar-refractivity contribution in [1.29, 1.82) is 0 Å². The summed E-state index contributed by atoms with van der Waals surface area (Å²) in [6, 6.07) is 6.22. The molecule has 0 atom stereocenters. The number of amides is 2. The van der Waals surface area contributed by atoms with E-state index in [4.69, 9.17) is 5.73 Å². The number of fused-ring (bicyclic) bond motifs is 1. The number of nitrogens with one attached hydrogen (secondary N) is 2. The second-order valence-electron chi connectivity index (χ2n) is 4.92. The van der Waals surface area contributed by atoms with E-state index in [9.17, 15) is 4.79 Å². The van der Waals surface area contributed by atoms with E-state index in [1.54, 1.807) is 4.90 Å². The first-order chi connectivity index (χ1) is 9.22. The summed E-state index contributed by atoms with van der Waals surface area (Å²) in [5, 5.41) is 11.6. The van der Waals surface area contributed by atoms with Crippen molar-refractivity contribution in [3.05, 3.63) is 24.4 Å². The molecule has 0 spiro atoms. The van der Waals surface area contributed by atoms with Crippen LogP contribution in [0.15, 0.2) is 24.4 Å². The summed E-state index contributed by atoms with van der Waals surface area (Å²) >= 11 is 0. The fraction of sp³-hybridized carbons (Fsp3) is 0.385. The number of rotatable bonds is 2. The van der Waals surface area contributed by atoms with Gasteiger partial charge in [0.25, 0.3) is 0 Å². The van der Waals surface area contributed by atoms with Crippen molar-refractivity contribution in [3.63, 3.8) is 0 Å². The Balaban J connectivity index is 1.64. The molecule has 4 N–H and O–H groups in total. The molecule has 0 unspecified atom stereocenters. The van der Waals surface area contributed by atoms with Crippen LogP contribution in [0.1, 0.15) is 12.8 Å². The average molecular weight is 259 g/mol. The molecule has 2 amide bonds. The third kappa shape index (κ3) is 2.47. The maximum Gasteiger partial charge on any atom is 0.314 e. The zero-order valence-electron chi connectivity index (χ0n) is 10.6. The Kier molecular flexibility index (Phi) is 2.98. The van der Waals surface area contributed by atoms with E-state index in [0.717, 1.165) is 42.5 Å². The maximum atomic E-state index is 11.1. The molecule has 1 saturated heterocycles. The van der Waals surface area contributed by atoms with E-state index < -0.39 is 0 Å². The first-order valence-electron chi connectivity index (χ1n) is 6.46. The molecule has 1 aliphatic heterocycles. The van der Waals surface area contributed by atoms with Gasteiger partial charge in [0.05, 0.1) is 11.7 Å². The number of carbonyl (C=O) groups is 1. The topological polar surface area (TPSA) is 87.0 Å². The lowest BCUT2D eigenvalue weighted by Gasteiger charge is -2.31. The highest BCUT2D eigenvalue weighted by atomic mass is 16.2. The number of carbonyl (C=O) groups excluding carboxylic acids is 1. The zero-order valence-corrected chi connectivity index (χ0v) is 10.6. The fourth-order valence-corrected chi connectivity index (χ4v) is 2.51. The number of nitrogens with two attached hydrogens (primary N) is 1. The monoisotopic (exact) mass is 259 g/mol. The minimum absolute atomic E-state index is 0.322. The Labute approximate surface area is 111 Å². The molecule has 2 heterocycles. The second-order valence-corrected chi connectivity index (χ2v) is 4.92. The number of urea groups is 1. The Morgan fingerprint density at radius 1 is 1.42 bits per heavy atom. The third-order valence-electron chi connectivity index (χ3n) is 3.62. The van der Waals surface area contributed by atoms with Crippen molar-refractivity contribution in [2.75, 3.05) is 18.4 Å². The molecular weight excluding hydrogens is 242 g/mol. The second kappa shape index (κ2) is 4.79. The molecule has 1 fully saturated rings. The normalized spacial score (nSPS) is 16.7. The van der Waals surface area contributed by atoms with Gasteiger partial charge >= 0.3 is 6.03 Å². The Bertz CT molecular complexity index is 585. The molecule has 0 radical (unpaired) electrons. The summed E-state index contributed by atoms with van der Waals surface area (Å²) in [5.74, 6) is 0. The summed E-state index contributed by atoms with van der Waals surface area (Å²) in [6.45, 7) is 1.44. The van der Waals surface area contributed by atoms with Gasteiger partial charge in [0.1, 0.15) is 0 Å². The van der Waals surface area contributed by atoms with E-state index in [1.807, 2.05) is 12.3 Å². The summed E-state index contributed by atoms with van der Waals surface area (Å²) < 4.78 is 0. The number of aromatic amines is 1. The molecule has 19 heavy (non-hydrogen) atoms. The van der Waals surface area contributed by atoms with Crippen LogP contribution >= 0.6 is 0 Å². The number of anilines is 1. The molecule has 1 aliphatic rings. The number of hydrogen-bond acceptors (Lipinski definition) is 3. The number of primary amides is 1. The summed E-state index contributed by atoms with van der Waals surface area (Å²) in [7, 11) is 0. The largest absolute Gasteiger partial charge is 0.382 e. The molecule has 3 rings (SSSR count). The van der Waals surface area contributed by atoms with E-state index in [-0.39, 0.29) is 6.03 Å². The number of H-pyrrole nitrogens is 1. The summed E-state index contributed by atoms with van der Waals surface area (Å²) in [6.07, 6.45) is 3.65. The molecule has 0 saturated carbocycles. The van der Waals surface area contributed by atoms with Crippen LogP contribution in [0.2, 0.25) is 0 Å². The highest BCUT2D eigenvalue weighted by Gasteiger charge is 2.20. The van der Waals surface area contributed by atoms with Crippen LogP contribution in [0, 0.1) is 0 Å². The van der Waals surface area contributed by atoms with Gasteiger partial charge < -0.3 is 16.0 Å². The van der Waals surface area contributed by atoms with Gasteiger partial charge in [-0.1, -0.05) is 0 Å². The molecule has 1 aromatic heterocycles. The summed E-state index contributed by atoms with van der Waals surface area (Å²) in [4.78, 5) is 12.7. The van der Waals surface area contributed by atoms with Gasteiger partial charge in [0, 0.05) is 30.2 Å². The van der Waals surface area contributed by atoms with Crippen molar-refractivity contribution in [2.24, 2.45) is 5.73 Å². The molecule has 0 bridgehead atoms. The number of nitrogens with zero attached hydrogens (tertiary/aromatic N) is 2. The highest BCUT2D eigenvalue weighted by Crippen LogP contribution is 2.20. The van der Waals surface area contributed by atoms with Crippen molar-refractivity contribution >= 4 is 22.6 Å². The van der Waals surface area contributed by atoms with Crippen LogP contribution in [0.25, 0.3) is 10.9 Å². The number of likely N-dealkylation sites (tertiary alicyclic amines) is 1. The number of piperidine rings is 1. The van der Waals surface area contributed by atoms with E-state index in [0.29, 0.717) is 6.04 Å². The lowest BCUT2D eigenvalue weighted by atomic mass is 10.0. The SMILES string of the molecule is NC(=O)N1CCC(Nc2ccc3cn[nH]c3c2)CC1. The predicted octanol–water partition coefficient (Wildman–Crippen LogP) is 1.52. The standard InChI is InChI=1S/C13H17N5O/c14-13(19)18-5-3-10(4-6-18)16-11-2-1-9-8-15-17-12(9)7-11/h1-2,7-8,10,16H,3-6H2,(H2,14,19)(H,15,17). The van der Waals surface area contributed by atoms with Crippen molar-refractivity contribution < 1.29 is 4.79 Å². The number of aromatic nitrogens is 2. The van der Waals surface area contributed by atoms with E-state index in [2.05, 4.69) is 27.6 Å². The smallest absolute Gasteiger partial charge is 0.314 e. The van der Waals surface area contributed by atoms with Crippen LogP contribution in [0.5, 0.6) is 0 Å². The number of benzene rings is 1. The average Bonchev–Trinajstić information content (AvgIpc) is 2.87. The molecule has 100 valence electrons. The van der Waals surface area contributed by atoms with E-state index in [1.165, 1.54) is 0 Å². The lowest BCUT2D eigenvalue weighted by Crippen LogP contribution is -2.44. The minimum atomic E-state index is -0.322. The minimum Gasteiger partial charge on any atom is -0.382 e. The van der Waals surface area contributed by atoms with Gasteiger partial charge in [0.15, 0.2) is 0 Å². The van der Waals surface area contributed by atoms with E-state index >= 15 is 0 Å². The van der Waals surface area contributed by atoms with Crippen molar-refractivity contribution in [3.8, 4) is 0 Å². The molecular formula is C13H17N5O. The summed E-state index contributed by atoms with van der Waals surface area (Å²) in [5.41, 5.74) is 7.38. The Morgan fingerprint density at radius 2 is 2.21 bits per heavy atom. The van der Waals surface area contributed by atoms with Crippen LogP contribution in [0.4, 0.5) is 10.5 Å². The van der Waals surface area contributed by atoms with Crippen LogP contribution < -0.4 is 11.1 Å². The zero-order chi connectivity index (χ0) is 13.2.